The van der Waals surface area contributed by atoms with Crippen LogP contribution in [0.2, 0.25) is 0 Å². The van der Waals surface area contributed by atoms with Crippen molar-refractivity contribution in [1.29, 1.82) is 0 Å². The second kappa shape index (κ2) is 7.78. The van der Waals surface area contributed by atoms with Gasteiger partial charge in [0.15, 0.2) is 0 Å². The summed E-state index contributed by atoms with van der Waals surface area (Å²) in [5.41, 5.74) is 2.69. The summed E-state index contributed by atoms with van der Waals surface area (Å²) in [4.78, 5) is 23.9. The van der Waals surface area contributed by atoms with Crippen molar-refractivity contribution in [2.75, 3.05) is 14.2 Å². The number of rotatable bonds is 5. The predicted molar refractivity (Wildman–Crippen MR) is 102 cm³/mol. The SMILES string of the molecule is CNC(=O)C(=COC)Oc1ccc2c(-c3ccccc3C)cc(=O)oc2c1. The summed E-state index contributed by atoms with van der Waals surface area (Å²) in [5.74, 6) is -0.108. The lowest BCUT2D eigenvalue weighted by Gasteiger charge is -2.11. The first-order valence-electron chi connectivity index (χ1n) is 8.30. The first kappa shape index (κ1) is 18.3. The molecule has 1 aromatic heterocycles. The number of nitrogens with one attached hydrogen (secondary N) is 1. The minimum atomic E-state index is -0.461. The van der Waals surface area contributed by atoms with Crippen molar-refractivity contribution in [3.63, 3.8) is 0 Å². The molecule has 0 aliphatic rings. The van der Waals surface area contributed by atoms with Crippen molar-refractivity contribution in [2.24, 2.45) is 0 Å². The van der Waals surface area contributed by atoms with Gasteiger partial charge in [-0.3, -0.25) is 4.79 Å². The standard InChI is InChI=1S/C21H19NO5/c1-13-6-4-5-7-15(13)17-11-20(23)27-18-10-14(8-9-16(17)18)26-19(12-25-3)21(24)22-2/h4-12H,1-3H3,(H,22,24). The molecule has 27 heavy (non-hydrogen) atoms. The van der Waals surface area contributed by atoms with Gasteiger partial charge in [0.1, 0.15) is 17.6 Å². The lowest BCUT2D eigenvalue weighted by Crippen LogP contribution is -2.23. The number of likely N-dealkylation sites (N-methyl/N-ethyl adjacent to an activating group) is 1. The third-order valence-electron chi connectivity index (χ3n) is 4.05. The third-order valence-corrected chi connectivity index (χ3v) is 4.05. The Morgan fingerprint density at radius 1 is 1.11 bits per heavy atom. The molecular formula is C21H19NO5. The van der Waals surface area contributed by atoms with Gasteiger partial charge in [-0.25, -0.2) is 4.79 Å². The van der Waals surface area contributed by atoms with E-state index in [1.165, 1.54) is 26.5 Å². The van der Waals surface area contributed by atoms with Crippen molar-refractivity contribution in [3.05, 3.63) is 76.5 Å². The molecule has 6 nitrogen and oxygen atoms in total. The van der Waals surface area contributed by atoms with Crippen molar-refractivity contribution in [3.8, 4) is 16.9 Å². The van der Waals surface area contributed by atoms with Crippen LogP contribution in [0.3, 0.4) is 0 Å². The maximum absolute atomic E-state index is 12.1. The monoisotopic (exact) mass is 365 g/mol. The van der Waals surface area contributed by atoms with Crippen molar-refractivity contribution >= 4 is 16.9 Å². The van der Waals surface area contributed by atoms with Crippen LogP contribution in [0.4, 0.5) is 0 Å². The van der Waals surface area contributed by atoms with Gasteiger partial charge in [0.25, 0.3) is 5.91 Å². The molecule has 3 aromatic rings. The highest BCUT2D eigenvalue weighted by Crippen LogP contribution is 2.31. The molecule has 0 saturated carbocycles. The zero-order valence-electron chi connectivity index (χ0n) is 15.2. The highest BCUT2D eigenvalue weighted by molar-refractivity contribution is 5.95. The van der Waals surface area contributed by atoms with Gasteiger partial charge in [-0.15, -0.1) is 0 Å². The summed E-state index contributed by atoms with van der Waals surface area (Å²) < 4.78 is 15.8. The summed E-state index contributed by atoms with van der Waals surface area (Å²) in [7, 11) is 2.91. The maximum atomic E-state index is 12.1. The van der Waals surface area contributed by atoms with E-state index in [4.69, 9.17) is 13.9 Å². The number of carbonyl (C=O) groups excluding carboxylic acids is 1. The summed E-state index contributed by atoms with van der Waals surface area (Å²) in [5, 5.41) is 3.24. The fourth-order valence-electron chi connectivity index (χ4n) is 2.79. The molecule has 0 fully saturated rings. The van der Waals surface area contributed by atoms with Gasteiger partial charge in [0.05, 0.1) is 7.11 Å². The molecule has 2 aromatic carbocycles. The van der Waals surface area contributed by atoms with Crippen LogP contribution in [0.15, 0.2) is 69.8 Å². The fraction of sp³-hybridized carbons (Fsp3) is 0.143. The Balaban J connectivity index is 2.09. The largest absolute Gasteiger partial charge is 0.500 e. The minimum absolute atomic E-state index is 0.0169. The van der Waals surface area contributed by atoms with Crippen LogP contribution in [-0.2, 0) is 9.53 Å². The van der Waals surface area contributed by atoms with Crippen LogP contribution < -0.4 is 15.7 Å². The number of benzene rings is 2. The first-order valence-corrected chi connectivity index (χ1v) is 8.30. The van der Waals surface area contributed by atoms with Gasteiger partial charge in [-0.05, 0) is 30.2 Å². The average Bonchev–Trinajstić information content (AvgIpc) is 2.66. The second-order valence-electron chi connectivity index (χ2n) is 5.85. The number of carbonyl (C=O) groups is 1. The lowest BCUT2D eigenvalue weighted by molar-refractivity contribution is -0.119. The molecule has 138 valence electrons. The number of fused-ring (bicyclic) bond motifs is 1. The number of hydrogen-bond acceptors (Lipinski definition) is 5. The lowest BCUT2D eigenvalue weighted by atomic mass is 9.98. The van der Waals surface area contributed by atoms with E-state index in [0.29, 0.717) is 11.3 Å². The van der Waals surface area contributed by atoms with E-state index >= 15 is 0 Å². The summed E-state index contributed by atoms with van der Waals surface area (Å²) >= 11 is 0. The zero-order chi connectivity index (χ0) is 19.4. The summed E-state index contributed by atoms with van der Waals surface area (Å²) in [6.07, 6.45) is 1.20. The number of amides is 1. The van der Waals surface area contributed by atoms with E-state index in [1.54, 1.807) is 18.2 Å². The Bertz CT molecular complexity index is 1080. The molecule has 3 rings (SSSR count). The van der Waals surface area contributed by atoms with E-state index in [2.05, 4.69) is 5.32 Å². The quantitative estimate of drug-likeness (QED) is 0.426. The van der Waals surface area contributed by atoms with E-state index < -0.39 is 11.5 Å². The Kier molecular flexibility index (Phi) is 5.26. The Morgan fingerprint density at radius 3 is 2.59 bits per heavy atom. The van der Waals surface area contributed by atoms with E-state index in [9.17, 15) is 9.59 Å². The molecule has 0 aliphatic heterocycles. The van der Waals surface area contributed by atoms with Crippen LogP contribution >= 0.6 is 0 Å². The van der Waals surface area contributed by atoms with Gasteiger partial charge in [-0.2, -0.15) is 0 Å². The molecule has 1 heterocycles. The van der Waals surface area contributed by atoms with Crippen LogP contribution in [0.5, 0.6) is 5.75 Å². The normalized spacial score (nSPS) is 11.3. The van der Waals surface area contributed by atoms with Gasteiger partial charge in [-0.1, -0.05) is 24.3 Å². The molecule has 0 bridgehead atoms. The Hall–Kier alpha value is -3.54. The van der Waals surface area contributed by atoms with Gasteiger partial charge in [0.2, 0.25) is 5.76 Å². The average molecular weight is 365 g/mol. The molecular weight excluding hydrogens is 346 g/mol. The highest BCUT2D eigenvalue weighted by atomic mass is 16.5. The maximum Gasteiger partial charge on any atom is 0.336 e. The van der Waals surface area contributed by atoms with E-state index in [-0.39, 0.29) is 5.76 Å². The van der Waals surface area contributed by atoms with E-state index in [0.717, 1.165) is 22.1 Å². The molecule has 0 unspecified atom stereocenters. The van der Waals surface area contributed by atoms with Crippen molar-refractivity contribution in [2.45, 2.75) is 6.92 Å². The minimum Gasteiger partial charge on any atom is -0.500 e. The predicted octanol–water partition coefficient (Wildman–Crippen LogP) is 3.38. The number of aryl methyl sites for hydroxylation is 1. The number of ether oxygens (including phenoxy) is 2. The molecule has 1 amide bonds. The first-order chi connectivity index (χ1) is 13.0. The van der Waals surface area contributed by atoms with Gasteiger partial charge in [0, 0.05) is 30.1 Å². The van der Waals surface area contributed by atoms with Crippen molar-refractivity contribution < 1.29 is 18.7 Å². The zero-order valence-corrected chi connectivity index (χ0v) is 15.2. The number of hydrogen-bond donors (Lipinski definition) is 1. The Morgan fingerprint density at radius 2 is 1.89 bits per heavy atom. The van der Waals surface area contributed by atoms with Crippen LogP contribution in [0.25, 0.3) is 22.1 Å². The van der Waals surface area contributed by atoms with Crippen molar-refractivity contribution in [1.82, 2.24) is 5.32 Å². The van der Waals surface area contributed by atoms with Crippen LogP contribution in [0.1, 0.15) is 5.56 Å². The smallest absolute Gasteiger partial charge is 0.336 e. The number of methoxy groups -OCH3 is 1. The molecule has 0 atom stereocenters. The van der Waals surface area contributed by atoms with Gasteiger partial charge < -0.3 is 19.2 Å². The highest BCUT2D eigenvalue weighted by Gasteiger charge is 2.14. The summed E-state index contributed by atoms with van der Waals surface area (Å²) in [6.45, 7) is 1.98. The molecule has 0 saturated heterocycles. The molecule has 0 spiro atoms. The molecule has 1 N–H and O–H groups in total. The molecule has 0 aliphatic carbocycles. The molecule has 0 radical (unpaired) electrons. The fourth-order valence-corrected chi connectivity index (χ4v) is 2.79. The van der Waals surface area contributed by atoms with E-state index in [1.807, 2.05) is 31.2 Å². The van der Waals surface area contributed by atoms with Crippen LogP contribution in [-0.4, -0.2) is 20.1 Å². The Labute approximate surface area is 156 Å². The summed E-state index contributed by atoms with van der Waals surface area (Å²) in [6, 6.07) is 14.4. The van der Waals surface area contributed by atoms with Crippen LogP contribution in [0, 0.1) is 6.92 Å². The second-order valence-corrected chi connectivity index (χ2v) is 5.85. The van der Waals surface area contributed by atoms with Gasteiger partial charge >= 0.3 is 5.63 Å². The third kappa shape index (κ3) is 3.84. The topological polar surface area (TPSA) is 77.8 Å². The molecule has 6 heteroatoms.